The fourth-order valence-electron chi connectivity index (χ4n) is 4.29. The minimum atomic E-state index is 0.152. The summed E-state index contributed by atoms with van der Waals surface area (Å²) in [6, 6.07) is 9.87. The molecule has 0 unspecified atom stereocenters. The lowest BCUT2D eigenvalue weighted by Gasteiger charge is -2.31. The number of fused-ring (bicyclic) bond motifs is 3. The SMILES string of the molecule is Cc1cc(C(C)(C)C)cc2c1-c1cc(C(C)(C)C)c(C(C)(C)C)cc1C2. The summed E-state index contributed by atoms with van der Waals surface area (Å²) in [6.45, 7) is 23.3. The van der Waals surface area contributed by atoms with Crippen LogP contribution < -0.4 is 0 Å². The highest BCUT2D eigenvalue weighted by Gasteiger charge is 2.30. The summed E-state index contributed by atoms with van der Waals surface area (Å²) in [7, 11) is 0. The first-order valence-electron chi connectivity index (χ1n) is 10.0. The number of rotatable bonds is 0. The molecule has 0 saturated heterocycles. The van der Waals surface area contributed by atoms with E-state index in [1.807, 2.05) is 0 Å². The maximum atomic E-state index is 2.51. The largest absolute Gasteiger partial charge is 0.0561 e. The zero-order valence-corrected chi connectivity index (χ0v) is 18.5. The molecule has 0 aliphatic heterocycles. The molecule has 1 aliphatic rings. The van der Waals surface area contributed by atoms with Crippen LogP contribution in [0.4, 0.5) is 0 Å². The van der Waals surface area contributed by atoms with E-state index < -0.39 is 0 Å². The van der Waals surface area contributed by atoms with Gasteiger partial charge in [0.1, 0.15) is 0 Å². The Labute approximate surface area is 161 Å². The molecule has 0 heterocycles. The Morgan fingerprint density at radius 2 is 1.15 bits per heavy atom. The minimum Gasteiger partial charge on any atom is -0.0561 e. The topological polar surface area (TPSA) is 0 Å². The Bertz CT molecular complexity index is 859. The Morgan fingerprint density at radius 1 is 0.615 bits per heavy atom. The van der Waals surface area contributed by atoms with Crippen molar-refractivity contribution < 1.29 is 0 Å². The second-order valence-corrected chi connectivity index (χ2v) is 11.3. The second kappa shape index (κ2) is 5.72. The lowest BCUT2D eigenvalue weighted by Crippen LogP contribution is -2.22. The first-order chi connectivity index (χ1) is 11.7. The van der Waals surface area contributed by atoms with Gasteiger partial charge in [-0.2, -0.15) is 0 Å². The van der Waals surface area contributed by atoms with Gasteiger partial charge in [-0.1, -0.05) is 86.6 Å². The third kappa shape index (κ3) is 3.24. The molecule has 0 atom stereocenters. The van der Waals surface area contributed by atoms with Gasteiger partial charge in [0.05, 0.1) is 0 Å². The van der Waals surface area contributed by atoms with Crippen LogP contribution in [-0.4, -0.2) is 0 Å². The molecule has 0 fully saturated rings. The van der Waals surface area contributed by atoms with Crippen LogP contribution in [0.1, 0.15) is 95.7 Å². The predicted octanol–water partition coefficient (Wildman–Crippen LogP) is 7.46. The summed E-state index contributed by atoms with van der Waals surface area (Å²) in [4.78, 5) is 0. The zero-order chi connectivity index (χ0) is 19.7. The molecule has 0 spiro atoms. The Hall–Kier alpha value is -1.56. The average molecular weight is 349 g/mol. The van der Waals surface area contributed by atoms with Gasteiger partial charge in [0, 0.05) is 0 Å². The number of aryl methyl sites for hydroxylation is 1. The van der Waals surface area contributed by atoms with Gasteiger partial charge in [0.25, 0.3) is 0 Å². The molecule has 26 heavy (non-hydrogen) atoms. The van der Waals surface area contributed by atoms with Gasteiger partial charge in [-0.05, 0) is 74.1 Å². The van der Waals surface area contributed by atoms with E-state index >= 15 is 0 Å². The lowest BCUT2D eigenvalue weighted by molar-refractivity contribution is 0.530. The smallest absolute Gasteiger partial charge is 0.00131 e. The van der Waals surface area contributed by atoms with Crippen LogP contribution >= 0.6 is 0 Å². The van der Waals surface area contributed by atoms with Crippen LogP contribution in [0, 0.1) is 6.92 Å². The van der Waals surface area contributed by atoms with E-state index in [1.54, 1.807) is 0 Å². The normalized spacial score (nSPS) is 14.4. The number of hydrogen-bond donors (Lipinski definition) is 0. The second-order valence-electron chi connectivity index (χ2n) is 11.3. The van der Waals surface area contributed by atoms with Crippen molar-refractivity contribution in [2.75, 3.05) is 0 Å². The standard InChI is InChI=1S/C26H36/c1-16-11-19(24(2,3)4)13-18-12-17-14-21(25(5,6)7)22(26(8,9)10)15-20(17)23(16)18/h11,13-15H,12H2,1-10H3. The van der Waals surface area contributed by atoms with Gasteiger partial charge in [-0.3, -0.25) is 0 Å². The Balaban J connectivity index is 2.26. The summed E-state index contributed by atoms with van der Waals surface area (Å²) >= 11 is 0. The zero-order valence-electron chi connectivity index (χ0n) is 18.5. The Morgan fingerprint density at radius 3 is 1.65 bits per heavy atom. The molecule has 0 amide bonds. The molecular formula is C26H36. The first kappa shape index (κ1) is 19.2. The van der Waals surface area contributed by atoms with Crippen LogP contribution in [0.2, 0.25) is 0 Å². The van der Waals surface area contributed by atoms with Crippen molar-refractivity contribution in [2.45, 2.75) is 91.9 Å². The first-order valence-corrected chi connectivity index (χ1v) is 10.0. The van der Waals surface area contributed by atoms with Crippen LogP contribution in [0.15, 0.2) is 24.3 Å². The van der Waals surface area contributed by atoms with Gasteiger partial charge >= 0.3 is 0 Å². The lowest BCUT2D eigenvalue weighted by atomic mass is 9.73. The van der Waals surface area contributed by atoms with E-state index in [0.29, 0.717) is 0 Å². The molecule has 0 bridgehead atoms. The quantitative estimate of drug-likeness (QED) is 0.395. The van der Waals surface area contributed by atoms with Gasteiger partial charge in [-0.25, -0.2) is 0 Å². The predicted molar refractivity (Wildman–Crippen MR) is 116 cm³/mol. The van der Waals surface area contributed by atoms with Crippen molar-refractivity contribution in [3.05, 3.63) is 57.6 Å². The molecule has 0 nitrogen and oxygen atoms in total. The Kier molecular flexibility index (Phi) is 4.22. The van der Waals surface area contributed by atoms with Crippen molar-refractivity contribution in [3.63, 3.8) is 0 Å². The van der Waals surface area contributed by atoms with Crippen molar-refractivity contribution in [1.82, 2.24) is 0 Å². The summed E-state index contributed by atoms with van der Waals surface area (Å²) in [6.07, 6.45) is 1.07. The highest BCUT2D eigenvalue weighted by Crippen LogP contribution is 2.45. The maximum absolute atomic E-state index is 2.51. The molecule has 0 radical (unpaired) electrons. The monoisotopic (exact) mass is 348 g/mol. The number of hydrogen-bond acceptors (Lipinski definition) is 0. The van der Waals surface area contributed by atoms with E-state index in [9.17, 15) is 0 Å². The molecule has 140 valence electrons. The molecule has 1 aliphatic carbocycles. The number of benzene rings is 2. The fraction of sp³-hybridized carbons (Fsp3) is 0.538. The molecule has 2 aromatic carbocycles. The van der Waals surface area contributed by atoms with E-state index in [2.05, 4.69) is 93.5 Å². The molecule has 0 saturated carbocycles. The molecule has 0 aromatic heterocycles. The van der Waals surface area contributed by atoms with Crippen LogP contribution in [0.3, 0.4) is 0 Å². The van der Waals surface area contributed by atoms with Crippen molar-refractivity contribution in [3.8, 4) is 11.1 Å². The van der Waals surface area contributed by atoms with E-state index in [4.69, 9.17) is 0 Å². The summed E-state index contributed by atoms with van der Waals surface area (Å²) in [5.74, 6) is 0. The van der Waals surface area contributed by atoms with Crippen LogP contribution in [0.5, 0.6) is 0 Å². The van der Waals surface area contributed by atoms with Gasteiger partial charge < -0.3 is 0 Å². The van der Waals surface area contributed by atoms with Crippen LogP contribution in [0.25, 0.3) is 11.1 Å². The van der Waals surface area contributed by atoms with Gasteiger partial charge in [-0.15, -0.1) is 0 Å². The van der Waals surface area contributed by atoms with Gasteiger partial charge in [0.15, 0.2) is 0 Å². The average Bonchev–Trinajstić information content (AvgIpc) is 2.80. The molecule has 2 aromatic rings. The third-order valence-corrected chi connectivity index (χ3v) is 5.79. The summed E-state index contributed by atoms with van der Waals surface area (Å²) in [5.41, 5.74) is 12.4. The van der Waals surface area contributed by atoms with Gasteiger partial charge in [0.2, 0.25) is 0 Å². The van der Waals surface area contributed by atoms with Crippen molar-refractivity contribution >= 4 is 0 Å². The highest BCUT2D eigenvalue weighted by molar-refractivity contribution is 5.81. The molecule has 0 heteroatoms. The fourth-order valence-corrected chi connectivity index (χ4v) is 4.29. The summed E-state index contributed by atoms with van der Waals surface area (Å²) < 4.78 is 0. The van der Waals surface area contributed by atoms with E-state index in [0.717, 1.165) is 6.42 Å². The van der Waals surface area contributed by atoms with Crippen molar-refractivity contribution in [1.29, 1.82) is 0 Å². The highest BCUT2D eigenvalue weighted by atomic mass is 14.3. The third-order valence-electron chi connectivity index (χ3n) is 5.79. The molecular weight excluding hydrogens is 312 g/mol. The summed E-state index contributed by atoms with van der Waals surface area (Å²) in [5, 5.41) is 0. The van der Waals surface area contributed by atoms with E-state index in [1.165, 1.54) is 44.5 Å². The van der Waals surface area contributed by atoms with Crippen LogP contribution in [-0.2, 0) is 22.7 Å². The molecule has 0 N–H and O–H groups in total. The molecule has 3 rings (SSSR count). The van der Waals surface area contributed by atoms with Crippen molar-refractivity contribution in [2.24, 2.45) is 0 Å². The van der Waals surface area contributed by atoms with E-state index in [-0.39, 0.29) is 16.2 Å². The maximum Gasteiger partial charge on any atom is -0.00131 e. The minimum absolute atomic E-state index is 0.152.